The van der Waals surface area contributed by atoms with E-state index >= 15 is 0 Å². The van der Waals surface area contributed by atoms with Crippen LogP contribution in [0.25, 0.3) is 0 Å². The van der Waals surface area contributed by atoms with Crippen molar-refractivity contribution in [2.45, 2.75) is 18.9 Å². The van der Waals surface area contributed by atoms with Gasteiger partial charge >= 0.3 is 0 Å². The van der Waals surface area contributed by atoms with Crippen molar-refractivity contribution in [3.63, 3.8) is 0 Å². The molecule has 0 saturated carbocycles. The number of rotatable bonds is 3. The number of carbonyl (C=O) groups excluding carboxylic acids is 1. The molecule has 1 aromatic rings. The van der Waals surface area contributed by atoms with Gasteiger partial charge in [0.15, 0.2) is 11.5 Å². The number of amides is 1. The molecule has 0 aliphatic carbocycles. The third-order valence-electron chi connectivity index (χ3n) is 3.37. The summed E-state index contributed by atoms with van der Waals surface area (Å²) in [5.74, 6) is 0.814. The molecule has 1 saturated heterocycles. The van der Waals surface area contributed by atoms with Gasteiger partial charge in [-0.05, 0) is 25.5 Å². The molecular weight excluding hydrogens is 246 g/mol. The first-order valence-corrected chi connectivity index (χ1v) is 6.21. The van der Waals surface area contributed by atoms with Crippen LogP contribution in [0, 0.1) is 0 Å². The summed E-state index contributed by atoms with van der Waals surface area (Å²) in [6.45, 7) is 2.63. The molecule has 5 heteroatoms. The Kier molecular flexibility index (Phi) is 3.66. The molecule has 1 N–H and O–H groups in total. The number of nitrogens with zero attached hydrogens (tertiary/aromatic N) is 1. The van der Waals surface area contributed by atoms with Crippen LogP contribution >= 0.6 is 0 Å². The molecule has 1 fully saturated rings. The van der Waals surface area contributed by atoms with E-state index in [4.69, 9.17) is 9.47 Å². The normalized spacial score (nSPS) is 22.4. The number of ether oxygens (including phenoxy) is 2. The molecule has 0 radical (unpaired) electrons. The molecule has 0 bridgehead atoms. The lowest BCUT2D eigenvalue weighted by molar-refractivity contribution is 0.0570. The zero-order valence-electron chi connectivity index (χ0n) is 11.5. The van der Waals surface area contributed by atoms with Gasteiger partial charge < -0.3 is 19.5 Å². The van der Waals surface area contributed by atoms with E-state index in [1.807, 2.05) is 0 Å². The fourth-order valence-corrected chi connectivity index (χ4v) is 2.34. The Bertz CT molecular complexity index is 484. The largest absolute Gasteiger partial charge is 0.493 e. The van der Waals surface area contributed by atoms with E-state index in [0.717, 1.165) is 0 Å². The molecule has 2 rings (SSSR count). The molecule has 1 aliphatic heterocycles. The van der Waals surface area contributed by atoms with Crippen LogP contribution in [-0.2, 0) is 0 Å². The van der Waals surface area contributed by atoms with Crippen molar-refractivity contribution in [1.82, 2.24) is 4.90 Å². The molecule has 0 aromatic heterocycles. The quantitative estimate of drug-likeness (QED) is 0.895. The number of para-hydroxylation sites is 1. The van der Waals surface area contributed by atoms with E-state index in [9.17, 15) is 9.90 Å². The molecule has 1 heterocycles. The summed E-state index contributed by atoms with van der Waals surface area (Å²) in [5.41, 5.74) is -0.346. The van der Waals surface area contributed by atoms with Gasteiger partial charge in [0.05, 0.1) is 25.4 Å². The van der Waals surface area contributed by atoms with E-state index in [0.29, 0.717) is 36.6 Å². The minimum Gasteiger partial charge on any atom is -0.493 e. The number of likely N-dealkylation sites (tertiary alicyclic amines) is 1. The summed E-state index contributed by atoms with van der Waals surface area (Å²) >= 11 is 0. The summed E-state index contributed by atoms with van der Waals surface area (Å²) in [6.07, 6.45) is 0.588. The van der Waals surface area contributed by atoms with Crippen LogP contribution in [0.4, 0.5) is 0 Å². The lowest BCUT2D eigenvalue weighted by Crippen LogP contribution is -2.34. The molecule has 1 aliphatic rings. The van der Waals surface area contributed by atoms with Gasteiger partial charge in [0.2, 0.25) is 0 Å². The maximum Gasteiger partial charge on any atom is 0.257 e. The molecule has 1 unspecified atom stereocenters. The van der Waals surface area contributed by atoms with Crippen molar-refractivity contribution in [2.24, 2.45) is 0 Å². The number of aliphatic hydroxyl groups is 1. The average molecular weight is 265 g/mol. The number of benzene rings is 1. The van der Waals surface area contributed by atoms with Crippen LogP contribution in [0.3, 0.4) is 0 Å². The minimum absolute atomic E-state index is 0.145. The first kappa shape index (κ1) is 13.7. The van der Waals surface area contributed by atoms with Crippen molar-refractivity contribution in [3.05, 3.63) is 23.8 Å². The van der Waals surface area contributed by atoms with Gasteiger partial charge in [0.25, 0.3) is 5.91 Å². The highest BCUT2D eigenvalue weighted by atomic mass is 16.5. The fourth-order valence-electron chi connectivity index (χ4n) is 2.34. The Morgan fingerprint density at radius 3 is 2.63 bits per heavy atom. The summed E-state index contributed by atoms with van der Waals surface area (Å²) in [4.78, 5) is 14.1. The van der Waals surface area contributed by atoms with E-state index in [-0.39, 0.29) is 5.91 Å². The summed E-state index contributed by atoms with van der Waals surface area (Å²) in [5, 5.41) is 9.94. The molecule has 19 heavy (non-hydrogen) atoms. The van der Waals surface area contributed by atoms with E-state index in [1.165, 1.54) is 14.2 Å². The Balaban J connectivity index is 2.29. The second-order valence-corrected chi connectivity index (χ2v) is 5.01. The van der Waals surface area contributed by atoms with Gasteiger partial charge in [0.1, 0.15) is 0 Å². The van der Waals surface area contributed by atoms with Crippen molar-refractivity contribution in [3.8, 4) is 11.5 Å². The summed E-state index contributed by atoms with van der Waals surface area (Å²) in [6, 6.07) is 5.20. The minimum atomic E-state index is -0.804. The van der Waals surface area contributed by atoms with Gasteiger partial charge in [-0.1, -0.05) is 6.07 Å². The Hall–Kier alpha value is -1.75. The second kappa shape index (κ2) is 5.09. The standard InChI is InChI=1S/C14H19NO4/c1-14(17)7-8-15(9-14)13(16)10-5-4-6-11(18-2)12(10)19-3/h4-6,17H,7-9H2,1-3H3. The molecule has 1 aromatic carbocycles. The van der Waals surface area contributed by atoms with Crippen LogP contribution < -0.4 is 9.47 Å². The number of hydrogen-bond donors (Lipinski definition) is 1. The SMILES string of the molecule is COc1cccc(C(=O)N2CCC(C)(O)C2)c1OC. The van der Waals surface area contributed by atoms with E-state index in [2.05, 4.69) is 0 Å². The summed E-state index contributed by atoms with van der Waals surface area (Å²) < 4.78 is 10.5. The fraction of sp³-hybridized carbons (Fsp3) is 0.500. The number of carbonyl (C=O) groups is 1. The molecular formula is C14H19NO4. The zero-order valence-corrected chi connectivity index (χ0v) is 11.5. The molecule has 5 nitrogen and oxygen atoms in total. The number of β-amino-alcohol motifs (C(OH)–C–C–N with tert-alkyl or cyclic N) is 1. The highest BCUT2D eigenvalue weighted by molar-refractivity contribution is 5.98. The van der Waals surface area contributed by atoms with Crippen LogP contribution in [0.2, 0.25) is 0 Å². The van der Waals surface area contributed by atoms with Gasteiger partial charge in [0, 0.05) is 13.1 Å². The number of methoxy groups -OCH3 is 2. The van der Waals surface area contributed by atoms with Gasteiger partial charge in [-0.15, -0.1) is 0 Å². The zero-order chi connectivity index (χ0) is 14.0. The topological polar surface area (TPSA) is 59.0 Å². The van der Waals surface area contributed by atoms with Crippen molar-refractivity contribution in [2.75, 3.05) is 27.3 Å². The van der Waals surface area contributed by atoms with Gasteiger partial charge in [-0.25, -0.2) is 0 Å². The Morgan fingerprint density at radius 2 is 2.11 bits per heavy atom. The lowest BCUT2D eigenvalue weighted by atomic mass is 10.1. The third-order valence-corrected chi connectivity index (χ3v) is 3.37. The average Bonchev–Trinajstić information content (AvgIpc) is 2.77. The maximum absolute atomic E-state index is 12.5. The predicted molar refractivity (Wildman–Crippen MR) is 70.7 cm³/mol. The van der Waals surface area contributed by atoms with Crippen molar-refractivity contribution < 1.29 is 19.4 Å². The van der Waals surface area contributed by atoms with E-state index < -0.39 is 5.60 Å². The third kappa shape index (κ3) is 2.66. The predicted octanol–water partition coefficient (Wildman–Crippen LogP) is 1.30. The van der Waals surface area contributed by atoms with Crippen LogP contribution in [0.1, 0.15) is 23.7 Å². The number of hydrogen-bond acceptors (Lipinski definition) is 4. The summed E-state index contributed by atoms with van der Waals surface area (Å²) in [7, 11) is 3.04. The molecule has 1 atom stereocenters. The van der Waals surface area contributed by atoms with Crippen molar-refractivity contribution >= 4 is 5.91 Å². The Morgan fingerprint density at radius 1 is 1.37 bits per heavy atom. The van der Waals surface area contributed by atoms with Crippen LogP contribution in [-0.4, -0.2) is 48.8 Å². The maximum atomic E-state index is 12.5. The van der Waals surface area contributed by atoms with Crippen LogP contribution in [0.15, 0.2) is 18.2 Å². The Labute approximate surface area is 112 Å². The highest BCUT2D eigenvalue weighted by Crippen LogP contribution is 2.32. The van der Waals surface area contributed by atoms with Gasteiger partial charge in [-0.2, -0.15) is 0 Å². The van der Waals surface area contributed by atoms with Crippen LogP contribution in [0.5, 0.6) is 11.5 Å². The highest BCUT2D eigenvalue weighted by Gasteiger charge is 2.35. The lowest BCUT2D eigenvalue weighted by Gasteiger charge is -2.20. The first-order valence-electron chi connectivity index (χ1n) is 6.21. The first-order chi connectivity index (χ1) is 8.98. The smallest absolute Gasteiger partial charge is 0.257 e. The van der Waals surface area contributed by atoms with E-state index in [1.54, 1.807) is 30.0 Å². The molecule has 104 valence electrons. The van der Waals surface area contributed by atoms with Crippen molar-refractivity contribution in [1.29, 1.82) is 0 Å². The molecule has 1 amide bonds. The monoisotopic (exact) mass is 265 g/mol. The van der Waals surface area contributed by atoms with Gasteiger partial charge in [-0.3, -0.25) is 4.79 Å². The molecule has 0 spiro atoms. The second-order valence-electron chi connectivity index (χ2n) is 5.01.